The van der Waals surface area contributed by atoms with Gasteiger partial charge in [0, 0.05) is 0 Å². The van der Waals surface area contributed by atoms with Gasteiger partial charge in [0.2, 0.25) is 0 Å². The molecule has 34 valence electrons. The summed E-state index contributed by atoms with van der Waals surface area (Å²) in [5.41, 5.74) is 1.91. The molecule has 6 heavy (non-hydrogen) atoms. The molecule has 0 saturated carbocycles. The fraction of sp³-hybridized carbons (Fsp3) is 0.667. The highest BCUT2D eigenvalue weighted by Gasteiger charge is 2.04. The third-order valence-electron chi connectivity index (χ3n) is 0.532. The van der Waals surface area contributed by atoms with E-state index in [1.54, 1.807) is 11.8 Å². The lowest BCUT2D eigenvalue weighted by Gasteiger charge is -1.87. The summed E-state index contributed by atoms with van der Waals surface area (Å²) in [7, 11) is 0. The summed E-state index contributed by atoms with van der Waals surface area (Å²) in [4.78, 5) is 3.99. The third-order valence-corrected chi connectivity index (χ3v) is 2.52. The van der Waals surface area contributed by atoms with E-state index in [4.69, 9.17) is 0 Å². The standard InChI is InChI=1S/C3H4INS/c4-3-1-5-2-6-3/h2-3H,1H2. The third kappa shape index (κ3) is 1.11. The zero-order chi connectivity index (χ0) is 4.41. The van der Waals surface area contributed by atoms with E-state index in [1.807, 2.05) is 5.55 Å². The molecule has 1 nitrogen and oxygen atoms in total. The summed E-state index contributed by atoms with van der Waals surface area (Å²) in [6, 6.07) is 0. The van der Waals surface area contributed by atoms with Crippen molar-refractivity contribution < 1.29 is 0 Å². The van der Waals surface area contributed by atoms with Crippen molar-refractivity contribution in [1.82, 2.24) is 0 Å². The Morgan fingerprint density at radius 1 is 2.00 bits per heavy atom. The summed E-state index contributed by atoms with van der Waals surface area (Å²) in [6.45, 7) is 1.01. The molecule has 0 radical (unpaired) electrons. The number of aliphatic imine (C=N–C) groups is 1. The molecule has 0 amide bonds. The quantitative estimate of drug-likeness (QED) is 0.439. The van der Waals surface area contributed by atoms with Crippen molar-refractivity contribution in [2.75, 3.05) is 6.54 Å². The lowest BCUT2D eigenvalue weighted by atomic mass is 10.8. The van der Waals surface area contributed by atoms with Crippen LogP contribution in [-0.2, 0) is 0 Å². The van der Waals surface area contributed by atoms with Crippen LogP contribution in [0.3, 0.4) is 0 Å². The van der Waals surface area contributed by atoms with Crippen molar-refractivity contribution in [3.8, 4) is 0 Å². The normalized spacial score (nSPS) is 31.8. The Morgan fingerprint density at radius 3 is 3.00 bits per heavy atom. The molecular weight excluding hydrogens is 209 g/mol. The lowest BCUT2D eigenvalue weighted by molar-refractivity contribution is 1.16. The van der Waals surface area contributed by atoms with E-state index in [2.05, 4.69) is 27.6 Å². The van der Waals surface area contributed by atoms with Crippen LogP contribution in [0.1, 0.15) is 0 Å². The van der Waals surface area contributed by atoms with Gasteiger partial charge in [-0.1, -0.05) is 34.4 Å². The number of rotatable bonds is 0. The Balaban J connectivity index is 2.32. The zero-order valence-electron chi connectivity index (χ0n) is 3.10. The fourth-order valence-corrected chi connectivity index (χ4v) is 1.38. The van der Waals surface area contributed by atoms with Crippen LogP contribution in [0.25, 0.3) is 0 Å². The first-order valence-corrected chi connectivity index (χ1v) is 3.86. The Labute approximate surface area is 54.7 Å². The molecule has 3 heteroatoms. The molecular formula is C3H4INS. The summed E-state index contributed by atoms with van der Waals surface area (Å²) >= 11 is 4.16. The second-order valence-electron chi connectivity index (χ2n) is 1.02. The predicted octanol–water partition coefficient (Wildman–Crippen LogP) is 1.52. The molecule has 1 heterocycles. The molecule has 1 atom stereocenters. The van der Waals surface area contributed by atoms with Crippen molar-refractivity contribution in [3.63, 3.8) is 0 Å². The maximum absolute atomic E-state index is 3.99. The van der Waals surface area contributed by atoms with Gasteiger partial charge in [-0.3, -0.25) is 4.99 Å². The SMILES string of the molecule is IC1CN=CS1. The Bertz CT molecular complexity index is 65.2. The van der Waals surface area contributed by atoms with Gasteiger partial charge in [-0.2, -0.15) is 0 Å². The smallest absolute Gasteiger partial charge is 0.0815 e. The minimum absolute atomic E-state index is 0.711. The molecule has 0 fully saturated rings. The zero-order valence-corrected chi connectivity index (χ0v) is 6.07. The van der Waals surface area contributed by atoms with Crippen LogP contribution < -0.4 is 0 Å². The average molecular weight is 213 g/mol. The van der Waals surface area contributed by atoms with Gasteiger partial charge in [0.1, 0.15) is 0 Å². The molecule has 0 aromatic heterocycles. The van der Waals surface area contributed by atoms with Gasteiger partial charge >= 0.3 is 0 Å². The van der Waals surface area contributed by atoms with Gasteiger partial charge < -0.3 is 0 Å². The molecule has 1 unspecified atom stereocenters. The van der Waals surface area contributed by atoms with E-state index < -0.39 is 0 Å². The van der Waals surface area contributed by atoms with Crippen molar-refractivity contribution in [1.29, 1.82) is 0 Å². The molecule has 0 aliphatic carbocycles. The van der Waals surface area contributed by atoms with E-state index in [-0.39, 0.29) is 0 Å². The van der Waals surface area contributed by atoms with Gasteiger partial charge in [0.25, 0.3) is 0 Å². The molecule has 0 aromatic carbocycles. The minimum atomic E-state index is 0.711. The largest absolute Gasteiger partial charge is 0.284 e. The average Bonchev–Trinajstić information content (AvgIpc) is 1.86. The monoisotopic (exact) mass is 213 g/mol. The molecule has 0 spiro atoms. The highest BCUT2D eigenvalue weighted by Crippen LogP contribution is 2.20. The second-order valence-corrected chi connectivity index (χ2v) is 4.42. The number of halogens is 1. The number of nitrogens with zero attached hydrogens (tertiary/aromatic N) is 1. The van der Waals surface area contributed by atoms with E-state index in [0.717, 1.165) is 6.54 Å². The van der Waals surface area contributed by atoms with Crippen molar-refractivity contribution in [3.05, 3.63) is 0 Å². The second kappa shape index (κ2) is 2.16. The van der Waals surface area contributed by atoms with Crippen LogP contribution in [0.5, 0.6) is 0 Å². The van der Waals surface area contributed by atoms with Crippen LogP contribution in [-0.4, -0.2) is 15.3 Å². The first-order valence-electron chi connectivity index (χ1n) is 1.67. The molecule has 1 aliphatic rings. The van der Waals surface area contributed by atoms with Crippen molar-refractivity contribution in [2.45, 2.75) is 3.26 Å². The summed E-state index contributed by atoms with van der Waals surface area (Å²) in [5.74, 6) is 0. The predicted molar refractivity (Wildman–Crippen MR) is 38.8 cm³/mol. The Morgan fingerprint density at radius 2 is 2.83 bits per heavy atom. The van der Waals surface area contributed by atoms with Gasteiger partial charge in [0.05, 0.1) is 15.3 Å². The molecule has 1 aliphatic heterocycles. The highest BCUT2D eigenvalue weighted by molar-refractivity contribution is 14.1. The number of alkyl halides is 1. The Kier molecular flexibility index (Phi) is 1.76. The summed E-state index contributed by atoms with van der Waals surface area (Å²) in [5, 5.41) is 0. The van der Waals surface area contributed by atoms with Crippen LogP contribution in [0.15, 0.2) is 4.99 Å². The van der Waals surface area contributed by atoms with Crippen LogP contribution in [0, 0.1) is 0 Å². The maximum atomic E-state index is 3.99. The van der Waals surface area contributed by atoms with E-state index in [9.17, 15) is 0 Å². The van der Waals surface area contributed by atoms with Crippen LogP contribution in [0.4, 0.5) is 0 Å². The topological polar surface area (TPSA) is 12.4 Å². The highest BCUT2D eigenvalue weighted by atomic mass is 127. The lowest BCUT2D eigenvalue weighted by Crippen LogP contribution is -1.85. The first kappa shape index (κ1) is 4.90. The summed E-state index contributed by atoms with van der Waals surface area (Å²) in [6.07, 6.45) is 0. The van der Waals surface area contributed by atoms with Crippen LogP contribution in [0.2, 0.25) is 0 Å². The van der Waals surface area contributed by atoms with Gasteiger partial charge in [-0.25, -0.2) is 0 Å². The number of hydrogen-bond acceptors (Lipinski definition) is 2. The maximum Gasteiger partial charge on any atom is 0.0815 e. The molecule has 0 aromatic rings. The van der Waals surface area contributed by atoms with Crippen molar-refractivity contribution in [2.24, 2.45) is 4.99 Å². The number of thioether (sulfide) groups is 1. The molecule has 1 rings (SSSR count). The first-order chi connectivity index (χ1) is 2.89. The fourth-order valence-electron chi connectivity index (χ4n) is 0.278. The molecule has 0 N–H and O–H groups in total. The van der Waals surface area contributed by atoms with Gasteiger partial charge in [-0.15, -0.1) is 0 Å². The van der Waals surface area contributed by atoms with Crippen LogP contribution >= 0.6 is 34.4 Å². The molecule has 0 bridgehead atoms. The number of hydrogen-bond donors (Lipinski definition) is 0. The van der Waals surface area contributed by atoms with Gasteiger partial charge in [0.15, 0.2) is 0 Å². The van der Waals surface area contributed by atoms with E-state index in [1.165, 1.54) is 0 Å². The van der Waals surface area contributed by atoms with Crippen molar-refractivity contribution >= 4 is 39.9 Å². The van der Waals surface area contributed by atoms with Gasteiger partial charge in [-0.05, 0) is 0 Å². The van der Waals surface area contributed by atoms with E-state index >= 15 is 0 Å². The summed E-state index contributed by atoms with van der Waals surface area (Å²) < 4.78 is 0.711. The molecule has 0 saturated heterocycles. The Hall–Kier alpha value is 0.750. The van der Waals surface area contributed by atoms with E-state index in [0.29, 0.717) is 3.26 Å². The minimum Gasteiger partial charge on any atom is -0.284 e.